The van der Waals surface area contributed by atoms with Gasteiger partial charge in [0, 0.05) is 11.5 Å². The standard InChI is InChI=1S/C27H27NO4/c1-19-18-22-10-6-7-11-24(22)25(19)20-12-14-23(15-13-20)31-16-17-32-28-26(27(29)30-2)21-8-4-3-5-9-21/h3-15,19,25H,16-18H2,1-2H3/b28-26-. The predicted molar refractivity (Wildman–Crippen MR) is 124 cm³/mol. The fourth-order valence-corrected chi connectivity index (χ4v) is 4.28. The summed E-state index contributed by atoms with van der Waals surface area (Å²) in [4.78, 5) is 17.3. The molecule has 0 N–H and O–H groups in total. The molecule has 0 saturated heterocycles. The molecule has 0 radical (unpaired) electrons. The molecule has 4 rings (SSSR count). The number of ether oxygens (including phenoxy) is 2. The van der Waals surface area contributed by atoms with E-state index in [0.29, 0.717) is 24.0 Å². The average molecular weight is 430 g/mol. The van der Waals surface area contributed by atoms with Gasteiger partial charge in [0.15, 0.2) is 12.3 Å². The second-order valence-electron chi connectivity index (χ2n) is 7.91. The minimum Gasteiger partial charge on any atom is -0.490 e. The summed E-state index contributed by atoms with van der Waals surface area (Å²) in [6.45, 7) is 2.84. The molecule has 2 unspecified atom stereocenters. The van der Waals surface area contributed by atoms with Crippen LogP contribution in [-0.2, 0) is 20.8 Å². The number of hydrogen-bond acceptors (Lipinski definition) is 5. The minimum atomic E-state index is -0.546. The zero-order valence-corrected chi connectivity index (χ0v) is 18.4. The number of oxime groups is 1. The molecule has 0 bridgehead atoms. The van der Waals surface area contributed by atoms with Crippen molar-refractivity contribution in [3.8, 4) is 5.75 Å². The maximum atomic E-state index is 12.0. The van der Waals surface area contributed by atoms with Gasteiger partial charge < -0.3 is 14.3 Å². The molecule has 32 heavy (non-hydrogen) atoms. The van der Waals surface area contributed by atoms with Gasteiger partial charge >= 0.3 is 5.97 Å². The van der Waals surface area contributed by atoms with Crippen LogP contribution < -0.4 is 4.74 Å². The quantitative estimate of drug-likeness (QED) is 0.219. The summed E-state index contributed by atoms with van der Waals surface area (Å²) in [5, 5.41) is 3.95. The van der Waals surface area contributed by atoms with Crippen LogP contribution in [0.15, 0.2) is 84.0 Å². The third kappa shape index (κ3) is 4.83. The Morgan fingerprint density at radius 1 is 0.938 bits per heavy atom. The van der Waals surface area contributed by atoms with E-state index in [0.717, 1.165) is 12.2 Å². The van der Waals surface area contributed by atoms with Crippen LogP contribution in [0.2, 0.25) is 0 Å². The summed E-state index contributed by atoms with van der Waals surface area (Å²) in [5.41, 5.74) is 4.95. The molecule has 5 heteroatoms. The van der Waals surface area contributed by atoms with Crippen LogP contribution in [0.25, 0.3) is 0 Å². The van der Waals surface area contributed by atoms with Gasteiger partial charge in [-0.3, -0.25) is 0 Å². The van der Waals surface area contributed by atoms with Gasteiger partial charge in [-0.15, -0.1) is 0 Å². The lowest BCUT2D eigenvalue weighted by Gasteiger charge is -2.18. The third-order valence-electron chi connectivity index (χ3n) is 5.77. The number of methoxy groups -OCH3 is 1. The van der Waals surface area contributed by atoms with E-state index in [1.165, 1.54) is 23.8 Å². The smallest absolute Gasteiger partial charge is 0.360 e. The van der Waals surface area contributed by atoms with Crippen LogP contribution in [0, 0.1) is 5.92 Å². The van der Waals surface area contributed by atoms with Crippen molar-refractivity contribution in [3.05, 3.63) is 101 Å². The van der Waals surface area contributed by atoms with E-state index in [9.17, 15) is 4.79 Å². The molecule has 3 aromatic carbocycles. The first kappa shape index (κ1) is 21.6. The third-order valence-corrected chi connectivity index (χ3v) is 5.77. The van der Waals surface area contributed by atoms with Gasteiger partial charge in [-0.25, -0.2) is 4.79 Å². The second kappa shape index (κ2) is 10.1. The molecule has 5 nitrogen and oxygen atoms in total. The zero-order chi connectivity index (χ0) is 22.3. The van der Waals surface area contributed by atoms with Gasteiger partial charge in [0.05, 0.1) is 7.11 Å². The fourth-order valence-electron chi connectivity index (χ4n) is 4.28. The molecule has 1 aliphatic carbocycles. The number of hydrogen-bond donors (Lipinski definition) is 0. The number of nitrogens with zero attached hydrogens (tertiary/aromatic N) is 1. The van der Waals surface area contributed by atoms with Crippen molar-refractivity contribution in [2.75, 3.05) is 20.3 Å². The monoisotopic (exact) mass is 429 g/mol. The first-order valence-electron chi connectivity index (χ1n) is 10.8. The molecule has 164 valence electrons. The highest BCUT2D eigenvalue weighted by atomic mass is 16.6. The van der Waals surface area contributed by atoms with Crippen LogP contribution in [0.4, 0.5) is 0 Å². The largest absolute Gasteiger partial charge is 0.490 e. The molecule has 1 aliphatic rings. The highest BCUT2D eigenvalue weighted by molar-refractivity contribution is 6.43. The highest BCUT2D eigenvalue weighted by Crippen LogP contribution is 2.42. The van der Waals surface area contributed by atoms with Crippen molar-refractivity contribution in [2.45, 2.75) is 19.3 Å². The van der Waals surface area contributed by atoms with Gasteiger partial charge in [0.25, 0.3) is 0 Å². The fraction of sp³-hybridized carbons (Fsp3) is 0.259. The molecule has 2 atom stereocenters. The number of carbonyl (C=O) groups is 1. The van der Waals surface area contributed by atoms with Crippen molar-refractivity contribution in [2.24, 2.45) is 11.1 Å². The lowest BCUT2D eigenvalue weighted by Crippen LogP contribution is -2.18. The number of carbonyl (C=O) groups excluding carboxylic acids is 1. The molecule has 3 aromatic rings. The molecule has 0 aliphatic heterocycles. The van der Waals surface area contributed by atoms with E-state index in [2.05, 4.69) is 48.5 Å². The van der Waals surface area contributed by atoms with Crippen molar-refractivity contribution in [1.29, 1.82) is 0 Å². The SMILES string of the molecule is COC(=O)/C(=N\OCCOc1ccc(C2c3ccccc3CC2C)cc1)c1ccccc1. The van der Waals surface area contributed by atoms with Crippen LogP contribution in [0.1, 0.15) is 35.1 Å². The predicted octanol–water partition coefficient (Wildman–Crippen LogP) is 4.98. The second-order valence-corrected chi connectivity index (χ2v) is 7.91. The van der Waals surface area contributed by atoms with Gasteiger partial charge in [-0.2, -0.15) is 0 Å². The summed E-state index contributed by atoms with van der Waals surface area (Å²) in [6.07, 6.45) is 1.12. The van der Waals surface area contributed by atoms with Crippen LogP contribution in [0.3, 0.4) is 0 Å². The first-order valence-corrected chi connectivity index (χ1v) is 10.8. The summed E-state index contributed by atoms with van der Waals surface area (Å²) >= 11 is 0. The Kier molecular flexibility index (Phi) is 6.85. The van der Waals surface area contributed by atoms with E-state index >= 15 is 0 Å². The molecule has 0 amide bonds. The number of esters is 1. The van der Waals surface area contributed by atoms with Crippen LogP contribution in [0.5, 0.6) is 5.75 Å². The molecule has 0 saturated carbocycles. The van der Waals surface area contributed by atoms with Crippen molar-refractivity contribution >= 4 is 11.7 Å². The number of benzene rings is 3. The van der Waals surface area contributed by atoms with E-state index in [4.69, 9.17) is 14.3 Å². The van der Waals surface area contributed by atoms with E-state index in [1.54, 1.807) is 12.1 Å². The Bertz CT molecular complexity index is 1080. The van der Waals surface area contributed by atoms with Crippen LogP contribution in [-0.4, -0.2) is 32.0 Å². The summed E-state index contributed by atoms with van der Waals surface area (Å²) in [7, 11) is 1.32. The normalized spacial score (nSPS) is 17.5. The minimum absolute atomic E-state index is 0.128. The first-order chi connectivity index (χ1) is 15.7. The highest BCUT2D eigenvalue weighted by Gasteiger charge is 2.30. The number of rotatable bonds is 8. The van der Waals surface area contributed by atoms with Crippen molar-refractivity contribution in [3.63, 3.8) is 0 Å². The van der Waals surface area contributed by atoms with Gasteiger partial charge in [0.2, 0.25) is 0 Å². The molecular weight excluding hydrogens is 402 g/mol. The lowest BCUT2D eigenvalue weighted by atomic mass is 9.87. The van der Waals surface area contributed by atoms with E-state index < -0.39 is 5.97 Å². The molecule has 0 aromatic heterocycles. The molecule has 0 fully saturated rings. The van der Waals surface area contributed by atoms with Crippen molar-refractivity contribution in [1.82, 2.24) is 0 Å². The maximum Gasteiger partial charge on any atom is 0.360 e. The lowest BCUT2D eigenvalue weighted by molar-refractivity contribution is -0.132. The van der Waals surface area contributed by atoms with Gasteiger partial charge in [0.1, 0.15) is 12.4 Å². The van der Waals surface area contributed by atoms with E-state index in [-0.39, 0.29) is 12.3 Å². The Morgan fingerprint density at radius 3 is 2.41 bits per heavy atom. The summed E-state index contributed by atoms with van der Waals surface area (Å²) in [6, 6.07) is 26.1. The molecular formula is C27H27NO4. The van der Waals surface area contributed by atoms with Crippen LogP contribution >= 0.6 is 0 Å². The molecule has 0 heterocycles. The average Bonchev–Trinajstić information content (AvgIpc) is 3.17. The number of fused-ring (bicyclic) bond motifs is 1. The zero-order valence-electron chi connectivity index (χ0n) is 18.4. The van der Waals surface area contributed by atoms with Gasteiger partial charge in [-0.05, 0) is 41.2 Å². The Balaban J connectivity index is 1.32. The topological polar surface area (TPSA) is 57.1 Å². The van der Waals surface area contributed by atoms with Gasteiger partial charge in [-0.1, -0.05) is 78.8 Å². The maximum absolute atomic E-state index is 12.0. The Labute approximate surface area is 188 Å². The summed E-state index contributed by atoms with van der Waals surface area (Å²) < 4.78 is 10.6. The molecule has 0 spiro atoms. The van der Waals surface area contributed by atoms with E-state index in [1.807, 2.05) is 30.3 Å². The van der Waals surface area contributed by atoms with Crippen molar-refractivity contribution < 1.29 is 19.1 Å². The summed E-state index contributed by atoms with van der Waals surface area (Å²) in [5.74, 6) is 1.23. The Hall–Kier alpha value is -3.60. The Morgan fingerprint density at radius 2 is 1.66 bits per heavy atom.